The van der Waals surface area contributed by atoms with Gasteiger partial charge in [0.15, 0.2) is 0 Å². The number of benzene rings is 1. The molecule has 2 rings (SSSR count). The van der Waals surface area contributed by atoms with Gasteiger partial charge in [-0.25, -0.2) is 0 Å². The molecule has 0 saturated heterocycles. The minimum Gasteiger partial charge on any atom is -0.361 e. The number of terminal acetylenes is 1. The minimum atomic E-state index is 0.964. The van der Waals surface area contributed by atoms with E-state index in [9.17, 15) is 0 Å². The van der Waals surface area contributed by atoms with Crippen molar-refractivity contribution >= 4 is 10.9 Å². The molecular formula is C11H9N. The molecule has 1 heterocycles. The van der Waals surface area contributed by atoms with Gasteiger partial charge in [0.25, 0.3) is 0 Å². The first-order valence-corrected chi connectivity index (χ1v) is 3.86. The first-order valence-electron chi connectivity index (χ1n) is 3.86. The maximum absolute atomic E-state index is 5.38. The Morgan fingerprint density at radius 3 is 3.00 bits per heavy atom. The summed E-state index contributed by atoms with van der Waals surface area (Å²) >= 11 is 0. The smallest absolute Gasteiger partial charge is 0.0469 e. The van der Waals surface area contributed by atoms with E-state index in [1.807, 2.05) is 24.4 Å². The van der Waals surface area contributed by atoms with Crippen molar-refractivity contribution in [1.29, 1.82) is 0 Å². The third-order valence-corrected chi connectivity index (χ3v) is 2.06. The van der Waals surface area contributed by atoms with Gasteiger partial charge in [0, 0.05) is 22.7 Å². The van der Waals surface area contributed by atoms with E-state index in [1.165, 1.54) is 10.9 Å². The zero-order valence-electron chi connectivity index (χ0n) is 6.89. The zero-order valence-corrected chi connectivity index (χ0v) is 6.89. The monoisotopic (exact) mass is 155 g/mol. The van der Waals surface area contributed by atoms with Crippen molar-refractivity contribution in [3.8, 4) is 12.3 Å². The van der Waals surface area contributed by atoms with Crippen LogP contribution in [0.25, 0.3) is 10.9 Å². The molecular weight excluding hydrogens is 146 g/mol. The quantitative estimate of drug-likeness (QED) is 0.562. The number of nitrogens with one attached hydrogen (secondary N) is 1. The van der Waals surface area contributed by atoms with Gasteiger partial charge in [0.05, 0.1) is 0 Å². The van der Waals surface area contributed by atoms with E-state index in [1.54, 1.807) is 0 Å². The molecule has 0 saturated carbocycles. The van der Waals surface area contributed by atoms with Crippen LogP contribution in [0.2, 0.25) is 0 Å². The molecule has 1 aromatic heterocycles. The van der Waals surface area contributed by atoms with Gasteiger partial charge in [0.1, 0.15) is 0 Å². The summed E-state index contributed by atoms with van der Waals surface area (Å²) in [6.45, 7) is 2.06. The second-order valence-corrected chi connectivity index (χ2v) is 2.84. The number of aromatic amines is 1. The van der Waals surface area contributed by atoms with Crippen molar-refractivity contribution in [3.05, 3.63) is 35.5 Å². The second-order valence-electron chi connectivity index (χ2n) is 2.84. The summed E-state index contributed by atoms with van der Waals surface area (Å²) in [6, 6.07) is 5.96. The number of hydrogen-bond donors (Lipinski definition) is 1. The Morgan fingerprint density at radius 2 is 2.25 bits per heavy atom. The highest BCUT2D eigenvalue weighted by Gasteiger charge is 2.01. The van der Waals surface area contributed by atoms with E-state index in [4.69, 9.17) is 6.42 Å². The summed E-state index contributed by atoms with van der Waals surface area (Å²) in [5.74, 6) is 2.68. The van der Waals surface area contributed by atoms with Gasteiger partial charge >= 0.3 is 0 Å². The number of hydrogen-bond acceptors (Lipinski definition) is 0. The van der Waals surface area contributed by atoms with Gasteiger partial charge in [-0.05, 0) is 24.6 Å². The SMILES string of the molecule is C#Cc1cccc2[nH]cc(C)c12. The average Bonchev–Trinajstić information content (AvgIpc) is 2.48. The first-order chi connectivity index (χ1) is 5.83. The van der Waals surface area contributed by atoms with Crippen LogP contribution in [-0.2, 0) is 0 Å². The van der Waals surface area contributed by atoms with E-state index >= 15 is 0 Å². The summed E-state index contributed by atoms with van der Waals surface area (Å²) in [7, 11) is 0. The summed E-state index contributed by atoms with van der Waals surface area (Å²) < 4.78 is 0. The Balaban J connectivity index is 2.96. The molecule has 0 aliphatic rings. The van der Waals surface area contributed by atoms with Gasteiger partial charge < -0.3 is 4.98 Å². The Labute approximate surface area is 71.4 Å². The lowest BCUT2D eigenvalue weighted by Gasteiger charge is -1.94. The number of aryl methyl sites for hydroxylation is 1. The molecule has 0 amide bonds. The average molecular weight is 155 g/mol. The second kappa shape index (κ2) is 2.42. The summed E-state index contributed by atoms with van der Waals surface area (Å²) in [6.07, 6.45) is 7.36. The fourth-order valence-corrected chi connectivity index (χ4v) is 1.48. The van der Waals surface area contributed by atoms with E-state index in [-0.39, 0.29) is 0 Å². The van der Waals surface area contributed by atoms with Crippen LogP contribution in [0.3, 0.4) is 0 Å². The third-order valence-electron chi connectivity index (χ3n) is 2.06. The predicted molar refractivity (Wildman–Crippen MR) is 51.0 cm³/mol. The number of H-pyrrole nitrogens is 1. The van der Waals surface area contributed by atoms with Crippen LogP contribution in [0.1, 0.15) is 11.1 Å². The molecule has 1 nitrogen and oxygen atoms in total. The molecule has 2 aromatic rings. The first kappa shape index (κ1) is 7.00. The van der Waals surface area contributed by atoms with Crippen LogP contribution in [0.15, 0.2) is 24.4 Å². The molecule has 12 heavy (non-hydrogen) atoms. The molecule has 0 bridgehead atoms. The van der Waals surface area contributed by atoms with Gasteiger partial charge in [-0.1, -0.05) is 12.0 Å². The number of rotatable bonds is 0. The lowest BCUT2D eigenvalue weighted by Crippen LogP contribution is -1.76. The van der Waals surface area contributed by atoms with E-state index < -0.39 is 0 Å². The zero-order chi connectivity index (χ0) is 8.55. The van der Waals surface area contributed by atoms with Crippen molar-refractivity contribution < 1.29 is 0 Å². The Morgan fingerprint density at radius 1 is 1.42 bits per heavy atom. The van der Waals surface area contributed by atoms with Crippen LogP contribution in [0, 0.1) is 19.3 Å². The van der Waals surface area contributed by atoms with Crippen LogP contribution in [0.4, 0.5) is 0 Å². The fraction of sp³-hybridized carbons (Fsp3) is 0.0909. The van der Waals surface area contributed by atoms with Crippen LogP contribution < -0.4 is 0 Å². The Kier molecular flexibility index (Phi) is 1.41. The molecule has 1 N–H and O–H groups in total. The highest BCUT2D eigenvalue weighted by molar-refractivity contribution is 5.88. The van der Waals surface area contributed by atoms with E-state index in [2.05, 4.69) is 17.8 Å². The largest absolute Gasteiger partial charge is 0.361 e. The normalized spacial score (nSPS) is 10.0. The van der Waals surface area contributed by atoms with Gasteiger partial charge in [-0.15, -0.1) is 6.42 Å². The molecule has 1 aromatic carbocycles. The summed E-state index contributed by atoms with van der Waals surface area (Å²) in [4.78, 5) is 3.17. The highest BCUT2D eigenvalue weighted by Crippen LogP contribution is 2.20. The Hall–Kier alpha value is -1.68. The molecule has 0 fully saturated rings. The van der Waals surface area contributed by atoms with Crippen molar-refractivity contribution in [3.63, 3.8) is 0 Å². The van der Waals surface area contributed by atoms with Gasteiger partial charge in [-0.2, -0.15) is 0 Å². The maximum atomic E-state index is 5.38. The molecule has 0 spiro atoms. The predicted octanol–water partition coefficient (Wildman–Crippen LogP) is 2.46. The molecule has 0 aliphatic carbocycles. The lowest BCUT2D eigenvalue weighted by atomic mass is 10.1. The van der Waals surface area contributed by atoms with Crippen LogP contribution >= 0.6 is 0 Å². The lowest BCUT2D eigenvalue weighted by molar-refractivity contribution is 1.43. The van der Waals surface area contributed by atoms with Crippen molar-refractivity contribution in [2.45, 2.75) is 6.92 Å². The maximum Gasteiger partial charge on any atom is 0.0469 e. The molecule has 0 atom stereocenters. The van der Waals surface area contributed by atoms with E-state index in [0.717, 1.165) is 11.1 Å². The van der Waals surface area contributed by atoms with Crippen molar-refractivity contribution in [2.24, 2.45) is 0 Å². The fourth-order valence-electron chi connectivity index (χ4n) is 1.48. The van der Waals surface area contributed by atoms with Crippen LogP contribution in [-0.4, -0.2) is 4.98 Å². The summed E-state index contributed by atoms with van der Waals surface area (Å²) in [5.41, 5.74) is 3.28. The topological polar surface area (TPSA) is 15.8 Å². The Bertz CT molecular complexity index is 457. The number of fused-ring (bicyclic) bond motifs is 1. The molecule has 58 valence electrons. The molecule has 0 unspecified atom stereocenters. The minimum absolute atomic E-state index is 0.964. The highest BCUT2D eigenvalue weighted by atomic mass is 14.7. The van der Waals surface area contributed by atoms with E-state index in [0.29, 0.717) is 0 Å². The van der Waals surface area contributed by atoms with Gasteiger partial charge in [0.2, 0.25) is 0 Å². The number of aromatic nitrogens is 1. The summed E-state index contributed by atoms with van der Waals surface area (Å²) in [5, 5.41) is 1.17. The molecule has 0 aliphatic heterocycles. The van der Waals surface area contributed by atoms with Crippen molar-refractivity contribution in [1.82, 2.24) is 4.98 Å². The van der Waals surface area contributed by atoms with Gasteiger partial charge in [-0.3, -0.25) is 0 Å². The van der Waals surface area contributed by atoms with Crippen molar-refractivity contribution in [2.75, 3.05) is 0 Å². The third kappa shape index (κ3) is 0.820. The molecule has 1 heteroatoms. The molecule has 0 radical (unpaired) electrons. The standard InChI is InChI=1S/C11H9N/c1-3-9-5-4-6-10-11(9)8(2)7-12-10/h1,4-7,12H,2H3. The van der Waals surface area contributed by atoms with Crippen LogP contribution in [0.5, 0.6) is 0 Å².